The molecule has 138 valence electrons. The van der Waals surface area contributed by atoms with Gasteiger partial charge >= 0.3 is 6.18 Å². The lowest BCUT2D eigenvalue weighted by Crippen LogP contribution is -2.43. The van der Waals surface area contributed by atoms with Gasteiger partial charge in [-0.05, 0) is 44.5 Å². The molecule has 0 unspecified atom stereocenters. The molecule has 0 atom stereocenters. The first-order valence-corrected chi connectivity index (χ1v) is 8.56. The molecule has 4 nitrogen and oxygen atoms in total. The van der Waals surface area contributed by atoms with Gasteiger partial charge in [-0.3, -0.25) is 4.79 Å². The fourth-order valence-electron chi connectivity index (χ4n) is 2.98. The largest absolute Gasteiger partial charge is 0.433 e. The van der Waals surface area contributed by atoms with E-state index < -0.39 is 11.9 Å². The minimum atomic E-state index is -4.48. The number of carbonyl (C=O) groups excluding carboxylic acids is 1. The zero-order valence-electron chi connectivity index (χ0n) is 13.8. The fraction of sp³-hybridized carbons (Fsp3) is 0.500. The molecular formula is C16H19ClF3N3OS. The van der Waals surface area contributed by atoms with Crippen molar-refractivity contribution >= 4 is 39.9 Å². The number of likely N-dealkylation sites (tertiary alicyclic amines) is 1. The van der Waals surface area contributed by atoms with Crippen LogP contribution in [0.5, 0.6) is 0 Å². The van der Waals surface area contributed by atoms with Gasteiger partial charge in [0.15, 0.2) is 0 Å². The van der Waals surface area contributed by atoms with Crippen molar-refractivity contribution in [1.82, 2.24) is 15.2 Å². The molecule has 2 aromatic rings. The number of piperidine rings is 1. The Morgan fingerprint density at radius 1 is 1.32 bits per heavy atom. The van der Waals surface area contributed by atoms with E-state index in [2.05, 4.69) is 10.3 Å². The maximum absolute atomic E-state index is 12.8. The molecule has 0 aliphatic carbocycles. The van der Waals surface area contributed by atoms with Crippen molar-refractivity contribution in [3.8, 4) is 0 Å². The highest BCUT2D eigenvalue weighted by molar-refractivity contribution is 7.20. The lowest BCUT2D eigenvalue weighted by molar-refractivity contribution is -0.140. The van der Waals surface area contributed by atoms with E-state index in [1.807, 2.05) is 7.05 Å². The van der Waals surface area contributed by atoms with Gasteiger partial charge < -0.3 is 10.2 Å². The number of aromatic nitrogens is 1. The Labute approximate surface area is 153 Å². The van der Waals surface area contributed by atoms with Gasteiger partial charge in [-0.25, -0.2) is 4.98 Å². The van der Waals surface area contributed by atoms with Crippen molar-refractivity contribution in [2.75, 3.05) is 20.1 Å². The lowest BCUT2D eigenvalue weighted by Gasteiger charge is -2.31. The van der Waals surface area contributed by atoms with Crippen LogP contribution in [0.2, 0.25) is 0 Å². The van der Waals surface area contributed by atoms with E-state index >= 15 is 0 Å². The number of amides is 1. The predicted molar refractivity (Wildman–Crippen MR) is 94.6 cm³/mol. The Kier molecular flexibility index (Phi) is 5.96. The van der Waals surface area contributed by atoms with Crippen LogP contribution in [0, 0.1) is 6.92 Å². The van der Waals surface area contributed by atoms with Gasteiger partial charge in [-0.1, -0.05) is 0 Å². The highest BCUT2D eigenvalue weighted by Crippen LogP contribution is 2.35. The third kappa shape index (κ3) is 3.91. The average molecular weight is 394 g/mol. The van der Waals surface area contributed by atoms with Crippen LogP contribution in [0.4, 0.5) is 13.2 Å². The van der Waals surface area contributed by atoms with Gasteiger partial charge in [0.05, 0.1) is 4.88 Å². The molecule has 0 aromatic carbocycles. The summed E-state index contributed by atoms with van der Waals surface area (Å²) in [5.74, 6) is -0.112. The Bertz CT molecular complexity index is 770. The van der Waals surface area contributed by atoms with Crippen LogP contribution in [0.1, 0.15) is 33.8 Å². The maximum Gasteiger partial charge on any atom is 0.433 e. The number of fused-ring (bicyclic) bond motifs is 1. The second-order valence-electron chi connectivity index (χ2n) is 5.96. The molecule has 1 fully saturated rings. The summed E-state index contributed by atoms with van der Waals surface area (Å²) >= 11 is 1.04. The highest BCUT2D eigenvalue weighted by atomic mass is 35.5. The maximum atomic E-state index is 12.8. The minimum Gasteiger partial charge on any atom is -0.338 e. The number of carbonyl (C=O) groups is 1. The molecular weight excluding hydrogens is 375 g/mol. The standard InChI is InChI=1S/C16H18F3N3OS.ClH/c1-9-11-3-4-12(16(17,18)19)21-14(11)24-13(9)15(23)22-7-5-10(20-2)6-8-22;/h3-4,10,20H,5-8H2,1-2H3;1H. The second kappa shape index (κ2) is 7.47. The van der Waals surface area contributed by atoms with Gasteiger partial charge in [0.25, 0.3) is 5.91 Å². The van der Waals surface area contributed by atoms with Crippen LogP contribution in [0.25, 0.3) is 10.2 Å². The van der Waals surface area contributed by atoms with Crippen LogP contribution in [0.3, 0.4) is 0 Å². The van der Waals surface area contributed by atoms with Gasteiger partial charge in [0.2, 0.25) is 0 Å². The SMILES string of the molecule is CNC1CCN(C(=O)c2sc3nc(C(F)(F)F)ccc3c2C)CC1.Cl. The third-order valence-electron chi connectivity index (χ3n) is 4.48. The molecule has 1 aliphatic heterocycles. The van der Waals surface area contributed by atoms with Crippen molar-refractivity contribution in [1.29, 1.82) is 0 Å². The van der Waals surface area contributed by atoms with Gasteiger partial charge in [-0.2, -0.15) is 13.2 Å². The summed E-state index contributed by atoms with van der Waals surface area (Å²) in [5, 5.41) is 3.82. The lowest BCUT2D eigenvalue weighted by atomic mass is 10.0. The summed E-state index contributed by atoms with van der Waals surface area (Å²) in [6.07, 6.45) is -2.73. The van der Waals surface area contributed by atoms with Crippen molar-refractivity contribution in [2.45, 2.75) is 32.0 Å². The Morgan fingerprint density at radius 3 is 2.52 bits per heavy atom. The first-order chi connectivity index (χ1) is 11.3. The molecule has 9 heteroatoms. The van der Waals surface area contributed by atoms with E-state index in [9.17, 15) is 18.0 Å². The molecule has 0 spiro atoms. The Balaban J connectivity index is 0.00000225. The molecule has 3 heterocycles. The second-order valence-corrected chi connectivity index (χ2v) is 6.96. The molecule has 2 aromatic heterocycles. The van der Waals surface area contributed by atoms with E-state index in [0.29, 0.717) is 35.0 Å². The zero-order valence-corrected chi connectivity index (χ0v) is 15.4. The number of pyridine rings is 1. The number of aryl methyl sites for hydroxylation is 1. The molecule has 0 bridgehead atoms. The van der Waals surface area contributed by atoms with E-state index in [0.717, 1.165) is 30.2 Å². The Morgan fingerprint density at radius 2 is 1.96 bits per heavy atom. The fourth-order valence-corrected chi connectivity index (χ4v) is 4.12. The number of hydrogen-bond donors (Lipinski definition) is 1. The number of nitrogens with one attached hydrogen (secondary N) is 1. The molecule has 3 rings (SSSR count). The van der Waals surface area contributed by atoms with Crippen LogP contribution >= 0.6 is 23.7 Å². The topological polar surface area (TPSA) is 45.2 Å². The Hall–Kier alpha value is -1.38. The summed E-state index contributed by atoms with van der Waals surface area (Å²) in [6, 6.07) is 2.78. The molecule has 1 saturated heterocycles. The van der Waals surface area contributed by atoms with Gasteiger partial charge in [-0.15, -0.1) is 23.7 Å². The summed E-state index contributed by atoms with van der Waals surface area (Å²) in [6.45, 7) is 3.07. The summed E-state index contributed by atoms with van der Waals surface area (Å²) < 4.78 is 38.4. The number of alkyl halides is 3. The van der Waals surface area contributed by atoms with Crippen LogP contribution in [-0.2, 0) is 6.18 Å². The van der Waals surface area contributed by atoms with Gasteiger partial charge in [0.1, 0.15) is 10.5 Å². The van der Waals surface area contributed by atoms with E-state index in [4.69, 9.17) is 0 Å². The van der Waals surface area contributed by atoms with Crippen LogP contribution < -0.4 is 5.32 Å². The number of hydrogen-bond acceptors (Lipinski definition) is 4. The van der Waals surface area contributed by atoms with Crippen molar-refractivity contribution in [3.63, 3.8) is 0 Å². The van der Waals surface area contributed by atoms with E-state index in [1.54, 1.807) is 11.8 Å². The quantitative estimate of drug-likeness (QED) is 0.842. The first-order valence-electron chi connectivity index (χ1n) is 7.75. The number of nitrogens with zero attached hydrogens (tertiary/aromatic N) is 2. The highest BCUT2D eigenvalue weighted by Gasteiger charge is 2.33. The smallest absolute Gasteiger partial charge is 0.338 e. The monoisotopic (exact) mass is 393 g/mol. The summed E-state index contributed by atoms with van der Waals surface area (Å²) in [4.78, 5) is 18.9. The first kappa shape index (κ1) is 19.9. The summed E-state index contributed by atoms with van der Waals surface area (Å²) in [5.41, 5.74) is -0.220. The molecule has 1 amide bonds. The number of rotatable bonds is 2. The predicted octanol–water partition coefficient (Wildman–Crippen LogP) is 3.87. The average Bonchev–Trinajstić information content (AvgIpc) is 2.90. The van der Waals surface area contributed by atoms with Crippen molar-refractivity contribution < 1.29 is 18.0 Å². The zero-order chi connectivity index (χ0) is 17.5. The van der Waals surface area contributed by atoms with E-state index in [1.165, 1.54) is 6.07 Å². The number of halogens is 4. The molecule has 0 radical (unpaired) electrons. The van der Waals surface area contributed by atoms with Crippen molar-refractivity contribution in [2.24, 2.45) is 0 Å². The molecule has 1 N–H and O–H groups in total. The normalized spacial score (nSPS) is 16.1. The minimum absolute atomic E-state index is 0. The molecule has 0 saturated carbocycles. The molecule has 1 aliphatic rings. The van der Waals surface area contributed by atoms with E-state index in [-0.39, 0.29) is 23.1 Å². The number of thiophene rings is 1. The molecule has 25 heavy (non-hydrogen) atoms. The van der Waals surface area contributed by atoms with Gasteiger partial charge in [0, 0.05) is 24.5 Å². The van der Waals surface area contributed by atoms with Crippen LogP contribution in [-0.4, -0.2) is 42.0 Å². The van der Waals surface area contributed by atoms with Crippen LogP contribution in [0.15, 0.2) is 12.1 Å². The summed E-state index contributed by atoms with van der Waals surface area (Å²) in [7, 11) is 1.90. The third-order valence-corrected chi connectivity index (χ3v) is 5.67. The van der Waals surface area contributed by atoms with Crippen molar-refractivity contribution in [3.05, 3.63) is 28.3 Å².